The fraction of sp³-hybridized carbons (Fsp3) is 0.938. The minimum Gasteiger partial charge on any atom is -0.462 e. The molecule has 0 spiro atoms. The predicted molar refractivity (Wildman–Crippen MR) is 71.0 cm³/mol. The monoisotopic (exact) mass is 250 g/mol. The maximum atomic E-state index is 12.2. The summed E-state index contributed by atoms with van der Waals surface area (Å²) in [7, 11) is 0. The maximum Gasteiger partial charge on any atom is 0.309 e. The summed E-state index contributed by atoms with van der Waals surface area (Å²) in [5, 5.41) is 0. The minimum absolute atomic E-state index is 0.0644. The Labute approximate surface area is 110 Å². The second kappa shape index (κ2) is 3.32. The molecule has 3 aliphatic carbocycles. The highest BCUT2D eigenvalue weighted by atomic mass is 16.5. The number of carbonyl (C=O) groups excluding carboxylic acids is 1. The fourth-order valence-corrected chi connectivity index (χ4v) is 4.40. The van der Waals surface area contributed by atoms with E-state index in [-0.39, 0.29) is 28.8 Å². The normalized spacial score (nSPS) is 47.1. The Kier molecular flexibility index (Phi) is 2.30. The zero-order valence-electron chi connectivity index (χ0n) is 12.4. The zero-order valence-corrected chi connectivity index (χ0v) is 12.4. The van der Waals surface area contributed by atoms with Gasteiger partial charge in [0.25, 0.3) is 0 Å². The van der Waals surface area contributed by atoms with Gasteiger partial charge < -0.3 is 4.74 Å². The van der Waals surface area contributed by atoms with Gasteiger partial charge in [-0.15, -0.1) is 0 Å². The van der Waals surface area contributed by atoms with Gasteiger partial charge in [-0.25, -0.2) is 0 Å². The second-order valence-electron chi connectivity index (χ2n) is 8.28. The van der Waals surface area contributed by atoms with Crippen molar-refractivity contribution in [1.29, 1.82) is 0 Å². The van der Waals surface area contributed by atoms with E-state index in [2.05, 4.69) is 34.6 Å². The third-order valence-electron chi connectivity index (χ3n) is 6.77. The molecule has 0 aliphatic heterocycles. The van der Waals surface area contributed by atoms with E-state index in [1.165, 1.54) is 12.8 Å². The van der Waals surface area contributed by atoms with Crippen molar-refractivity contribution in [2.45, 2.75) is 66.4 Å². The number of carbonyl (C=O) groups is 1. The topological polar surface area (TPSA) is 26.3 Å². The lowest BCUT2D eigenvalue weighted by Gasteiger charge is -2.38. The summed E-state index contributed by atoms with van der Waals surface area (Å²) in [5.74, 6) is 0.963. The van der Waals surface area contributed by atoms with Crippen LogP contribution in [0.15, 0.2) is 0 Å². The van der Waals surface area contributed by atoms with Gasteiger partial charge in [0.2, 0.25) is 0 Å². The molecule has 2 heteroatoms. The standard InChI is InChI=1S/C16H26O2/c1-14(2)9-11(14)13(17)18-12-8-10-6-7-16(12,5)15(10,3)4/h10-12H,6-9H2,1-5H3. The molecule has 102 valence electrons. The van der Waals surface area contributed by atoms with Crippen molar-refractivity contribution in [3.05, 3.63) is 0 Å². The predicted octanol–water partition coefficient (Wildman–Crippen LogP) is 3.79. The van der Waals surface area contributed by atoms with Crippen LogP contribution in [0.25, 0.3) is 0 Å². The zero-order chi connectivity index (χ0) is 13.3. The molecule has 0 aromatic heterocycles. The fourth-order valence-electron chi connectivity index (χ4n) is 4.40. The first-order chi connectivity index (χ1) is 8.18. The summed E-state index contributed by atoms with van der Waals surface area (Å²) in [6.07, 6.45) is 4.78. The van der Waals surface area contributed by atoms with E-state index in [9.17, 15) is 4.79 Å². The summed E-state index contributed by atoms with van der Waals surface area (Å²) >= 11 is 0. The molecule has 3 rings (SSSR count). The van der Waals surface area contributed by atoms with Crippen molar-refractivity contribution in [2.75, 3.05) is 0 Å². The van der Waals surface area contributed by atoms with Gasteiger partial charge in [0.05, 0.1) is 5.92 Å². The molecule has 4 unspecified atom stereocenters. The first-order valence-corrected chi connectivity index (χ1v) is 7.39. The lowest BCUT2D eigenvalue weighted by molar-refractivity contribution is -0.159. The number of rotatable bonds is 2. The molecular weight excluding hydrogens is 224 g/mol. The van der Waals surface area contributed by atoms with Crippen LogP contribution in [0, 0.1) is 28.1 Å². The first-order valence-electron chi connectivity index (χ1n) is 7.39. The van der Waals surface area contributed by atoms with Crippen LogP contribution in [0.5, 0.6) is 0 Å². The molecule has 0 aromatic carbocycles. The molecule has 4 atom stereocenters. The lowest BCUT2D eigenvalue weighted by Crippen LogP contribution is -2.38. The smallest absolute Gasteiger partial charge is 0.309 e. The average molecular weight is 250 g/mol. The Morgan fingerprint density at radius 1 is 1.17 bits per heavy atom. The van der Waals surface area contributed by atoms with Crippen LogP contribution in [0.3, 0.4) is 0 Å². The Balaban J connectivity index is 1.71. The number of hydrogen-bond acceptors (Lipinski definition) is 2. The van der Waals surface area contributed by atoms with E-state index in [0.717, 1.165) is 18.8 Å². The third-order valence-corrected chi connectivity index (χ3v) is 6.77. The summed E-state index contributed by atoms with van der Waals surface area (Å²) in [6.45, 7) is 11.4. The lowest BCUT2D eigenvalue weighted by atomic mass is 9.70. The molecule has 2 nitrogen and oxygen atoms in total. The van der Waals surface area contributed by atoms with Crippen LogP contribution in [-0.4, -0.2) is 12.1 Å². The highest BCUT2D eigenvalue weighted by Gasteiger charge is 2.63. The van der Waals surface area contributed by atoms with Crippen LogP contribution in [0.1, 0.15) is 60.3 Å². The Hall–Kier alpha value is -0.530. The highest BCUT2D eigenvalue weighted by Crippen LogP contribution is 2.66. The molecule has 0 radical (unpaired) electrons. The van der Waals surface area contributed by atoms with Crippen molar-refractivity contribution in [1.82, 2.24) is 0 Å². The molecule has 2 bridgehead atoms. The van der Waals surface area contributed by atoms with Gasteiger partial charge in [-0.3, -0.25) is 4.79 Å². The van der Waals surface area contributed by atoms with Crippen LogP contribution in [-0.2, 0) is 9.53 Å². The average Bonchev–Trinajstić information content (AvgIpc) is 2.78. The molecule has 0 saturated heterocycles. The van der Waals surface area contributed by atoms with Crippen molar-refractivity contribution in [3.8, 4) is 0 Å². The van der Waals surface area contributed by atoms with Crippen molar-refractivity contribution < 1.29 is 9.53 Å². The van der Waals surface area contributed by atoms with Gasteiger partial charge in [0.15, 0.2) is 0 Å². The molecule has 0 N–H and O–H groups in total. The summed E-state index contributed by atoms with van der Waals surface area (Å²) in [6, 6.07) is 0. The third kappa shape index (κ3) is 1.44. The van der Waals surface area contributed by atoms with E-state index < -0.39 is 0 Å². The van der Waals surface area contributed by atoms with Gasteiger partial charge in [0, 0.05) is 5.41 Å². The number of esters is 1. The van der Waals surface area contributed by atoms with Gasteiger partial charge in [0.1, 0.15) is 6.10 Å². The van der Waals surface area contributed by atoms with Gasteiger partial charge >= 0.3 is 5.97 Å². The minimum atomic E-state index is 0.0644. The summed E-state index contributed by atoms with van der Waals surface area (Å²) < 4.78 is 5.90. The number of fused-ring (bicyclic) bond motifs is 2. The van der Waals surface area contributed by atoms with E-state index in [4.69, 9.17) is 4.74 Å². The molecule has 3 saturated carbocycles. The van der Waals surface area contributed by atoms with E-state index in [1.54, 1.807) is 0 Å². The van der Waals surface area contributed by atoms with E-state index in [0.29, 0.717) is 5.41 Å². The summed E-state index contributed by atoms with van der Waals surface area (Å²) in [5.41, 5.74) is 0.717. The van der Waals surface area contributed by atoms with Crippen molar-refractivity contribution in [2.24, 2.45) is 28.1 Å². The SMILES string of the molecule is CC1(C)CC1C(=O)OC1CC2CCC1(C)C2(C)C. The van der Waals surface area contributed by atoms with Crippen LogP contribution >= 0.6 is 0 Å². The van der Waals surface area contributed by atoms with E-state index >= 15 is 0 Å². The molecule has 3 fully saturated rings. The van der Waals surface area contributed by atoms with Crippen molar-refractivity contribution in [3.63, 3.8) is 0 Å². The number of ether oxygens (including phenoxy) is 1. The van der Waals surface area contributed by atoms with Gasteiger partial charge in [-0.2, -0.15) is 0 Å². The van der Waals surface area contributed by atoms with E-state index in [1.807, 2.05) is 0 Å². The largest absolute Gasteiger partial charge is 0.462 e. The molecule has 0 amide bonds. The molecular formula is C16H26O2. The highest BCUT2D eigenvalue weighted by molar-refractivity contribution is 5.77. The second-order valence-corrected chi connectivity index (χ2v) is 8.28. The number of hydrogen-bond donors (Lipinski definition) is 0. The first kappa shape index (κ1) is 12.5. The maximum absolute atomic E-state index is 12.2. The van der Waals surface area contributed by atoms with Gasteiger partial charge in [-0.1, -0.05) is 34.6 Å². The molecule has 0 heterocycles. The van der Waals surface area contributed by atoms with Gasteiger partial charge in [-0.05, 0) is 42.4 Å². The summed E-state index contributed by atoms with van der Waals surface area (Å²) in [4.78, 5) is 12.2. The Morgan fingerprint density at radius 3 is 2.17 bits per heavy atom. The van der Waals surface area contributed by atoms with Crippen LogP contribution < -0.4 is 0 Å². The molecule has 0 aromatic rings. The van der Waals surface area contributed by atoms with Crippen LogP contribution in [0.2, 0.25) is 0 Å². The Bertz CT molecular complexity index is 396. The quantitative estimate of drug-likeness (QED) is 0.697. The van der Waals surface area contributed by atoms with Crippen molar-refractivity contribution >= 4 is 5.97 Å². The Morgan fingerprint density at radius 2 is 1.78 bits per heavy atom. The molecule has 3 aliphatic rings. The van der Waals surface area contributed by atoms with Crippen LogP contribution in [0.4, 0.5) is 0 Å². The molecule has 18 heavy (non-hydrogen) atoms.